The zero-order valence-electron chi connectivity index (χ0n) is 9.52. The minimum Gasteiger partial charge on any atom is -0.343 e. The fourth-order valence-electron chi connectivity index (χ4n) is 1.51. The van der Waals surface area contributed by atoms with Gasteiger partial charge in [-0.05, 0) is 28.9 Å². The van der Waals surface area contributed by atoms with Crippen molar-refractivity contribution in [3.8, 4) is 0 Å². The summed E-state index contributed by atoms with van der Waals surface area (Å²) in [5.41, 5.74) is 0.547. The molecule has 0 saturated heterocycles. The monoisotopic (exact) mass is 328 g/mol. The Bertz CT molecular complexity index is 584. The van der Waals surface area contributed by atoms with Gasteiger partial charge in [-0.15, -0.1) is 0 Å². The lowest BCUT2D eigenvalue weighted by Gasteiger charge is -2.06. The van der Waals surface area contributed by atoms with Crippen LogP contribution >= 0.6 is 27.5 Å². The molecule has 0 aromatic carbocycles. The van der Waals surface area contributed by atoms with Crippen LogP contribution in [0.25, 0.3) is 0 Å². The molecule has 5 nitrogen and oxygen atoms in total. The van der Waals surface area contributed by atoms with Crippen molar-refractivity contribution in [1.29, 1.82) is 0 Å². The second-order valence-corrected chi connectivity index (χ2v) is 4.81. The highest BCUT2D eigenvalue weighted by atomic mass is 79.9. The van der Waals surface area contributed by atoms with Gasteiger partial charge in [0.1, 0.15) is 10.8 Å². The number of hydrogen-bond donors (Lipinski definition) is 1. The molecule has 18 heavy (non-hydrogen) atoms. The number of amides is 1. The summed E-state index contributed by atoms with van der Waals surface area (Å²) in [5.74, 6) is 0.0755. The van der Waals surface area contributed by atoms with Crippen LogP contribution in [0, 0.1) is 0 Å². The van der Waals surface area contributed by atoms with E-state index in [1.54, 1.807) is 6.07 Å². The van der Waals surface area contributed by atoms with Gasteiger partial charge in [0.2, 0.25) is 0 Å². The SMILES string of the molecule is CCn1cc(Br)cc1C(=O)Nc1cncc(Cl)n1. The van der Waals surface area contributed by atoms with Crippen LogP contribution in [0.3, 0.4) is 0 Å². The number of hydrogen-bond acceptors (Lipinski definition) is 3. The maximum absolute atomic E-state index is 12.1. The summed E-state index contributed by atoms with van der Waals surface area (Å²) in [6.07, 6.45) is 4.69. The Morgan fingerprint density at radius 3 is 3.00 bits per heavy atom. The van der Waals surface area contributed by atoms with Crippen molar-refractivity contribution in [3.05, 3.63) is 40.0 Å². The van der Waals surface area contributed by atoms with E-state index >= 15 is 0 Å². The van der Waals surface area contributed by atoms with Gasteiger partial charge in [-0.1, -0.05) is 11.6 Å². The van der Waals surface area contributed by atoms with E-state index in [0.717, 1.165) is 4.47 Å². The Balaban J connectivity index is 2.21. The van der Waals surface area contributed by atoms with Gasteiger partial charge < -0.3 is 9.88 Å². The third kappa shape index (κ3) is 2.88. The molecule has 0 fully saturated rings. The lowest BCUT2D eigenvalue weighted by atomic mass is 10.4. The number of nitrogens with zero attached hydrogens (tertiary/aromatic N) is 3. The molecule has 1 N–H and O–H groups in total. The van der Waals surface area contributed by atoms with Gasteiger partial charge in [-0.2, -0.15) is 0 Å². The van der Waals surface area contributed by atoms with E-state index in [1.165, 1.54) is 12.4 Å². The number of aromatic nitrogens is 3. The fraction of sp³-hybridized carbons (Fsp3) is 0.182. The van der Waals surface area contributed by atoms with E-state index in [0.29, 0.717) is 18.1 Å². The number of halogens is 2. The number of rotatable bonds is 3. The van der Waals surface area contributed by atoms with Gasteiger partial charge >= 0.3 is 0 Å². The first-order chi connectivity index (χ1) is 8.60. The normalized spacial score (nSPS) is 10.4. The summed E-state index contributed by atoms with van der Waals surface area (Å²) in [5, 5.41) is 2.88. The van der Waals surface area contributed by atoms with Crippen LogP contribution in [0.2, 0.25) is 5.15 Å². The molecule has 0 aliphatic carbocycles. The van der Waals surface area contributed by atoms with Gasteiger partial charge in [-0.25, -0.2) is 4.98 Å². The molecule has 0 saturated carbocycles. The highest BCUT2D eigenvalue weighted by Crippen LogP contribution is 2.16. The minimum atomic E-state index is -0.251. The number of nitrogens with one attached hydrogen (secondary N) is 1. The molecular formula is C11H10BrClN4O. The van der Waals surface area contributed by atoms with Crippen LogP contribution in [-0.2, 0) is 6.54 Å². The van der Waals surface area contributed by atoms with E-state index in [4.69, 9.17) is 11.6 Å². The van der Waals surface area contributed by atoms with Crippen LogP contribution in [0.5, 0.6) is 0 Å². The predicted molar refractivity (Wildman–Crippen MR) is 72.8 cm³/mol. The maximum atomic E-state index is 12.1. The van der Waals surface area contributed by atoms with Crippen molar-refractivity contribution in [1.82, 2.24) is 14.5 Å². The third-order valence-electron chi connectivity index (χ3n) is 2.28. The summed E-state index contributed by atoms with van der Waals surface area (Å²) < 4.78 is 2.68. The number of anilines is 1. The molecule has 2 aromatic heterocycles. The Labute approximate surface area is 117 Å². The van der Waals surface area contributed by atoms with Gasteiger partial charge in [0, 0.05) is 17.2 Å². The third-order valence-corrected chi connectivity index (χ3v) is 2.90. The van der Waals surface area contributed by atoms with Gasteiger partial charge in [0.15, 0.2) is 5.82 Å². The molecule has 1 amide bonds. The van der Waals surface area contributed by atoms with Crippen molar-refractivity contribution in [2.75, 3.05) is 5.32 Å². The molecule has 7 heteroatoms. The number of carbonyl (C=O) groups excluding carboxylic acids is 1. The Hall–Kier alpha value is -1.40. The first-order valence-corrected chi connectivity index (χ1v) is 6.42. The Morgan fingerprint density at radius 2 is 2.33 bits per heavy atom. The van der Waals surface area contributed by atoms with E-state index in [-0.39, 0.29) is 11.1 Å². The van der Waals surface area contributed by atoms with Gasteiger partial charge in [0.05, 0.1) is 12.4 Å². The average Bonchev–Trinajstić information content (AvgIpc) is 2.70. The average molecular weight is 330 g/mol. The molecule has 2 heterocycles. The lowest BCUT2D eigenvalue weighted by Crippen LogP contribution is -2.17. The van der Waals surface area contributed by atoms with E-state index in [2.05, 4.69) is 31.2 Å². The fourth-order valence-corrected chi connectivity index (χ4v) is 2.12. The van der Waals surface area contributed by atoms with Crippen LogP contribution in [-0.4, -0.2) is 20.4 Å². The van der Waals surface area contributed by atoms with Crippen molar-refractivity contribution in [2.45, 2.75) is 13.5 Å². The zero-order chi connectivity index (χ0) is 13.1. The van der Waals surface area contributed by atoms with Gasteiger partial charge in [0.25, 0.3) is 5.91 Å². The summed E-state index contributed by atoms with van der Waals surface area (Å²) in [4.78, 5) is 19.9. The molecule has 0 spiro atoms. The summed E-state index contributed by atoms with van der Waals surface area (Å²) in [6, 6.07) is 1.75. The summed E-state index contributed by atoms with van der Waals surface area (Å²) in [7, 11) is 0. The van der Waals surface area contributed by atoms with Crippen molar-refractivity contribution in [2.24, 2.45) is 0 Å². The number of aryl methyl sites for hydroxylation is 1. The highest BCUT2D eigenvalue weighted by molar-refractivity contribution is 9.10. The van der Waals surface area contributed by atoms with Crippen LogP contribution < -0.4 is 5.32 Å². The predicted octanol–water partition coefficient (Wildman–Crippen LogP) is 2.97. The Kier molecular flexibility index (Phi) is 3.98. The first-order valence-electron chi connectivity index (χ1n) is 5.24. The van der Waals surface area contributed by atoms with E-state index in [1.807, 2.05) is 17.7 Å². The summed E-state index contributed by atoms with van der Waals surface area (Å²) >= 11 is 9.04. The molecule has 0 bridgehead atoms. The molecule has 2 aromatic rings. The molecule has 0 aliphatic rings. The molecule has 2 rings (SSSR count). The topological polar surface area (TPSA) is 59.8 Å². The maximum Gasteiger partial charge on any atom is 0.273 e. The van der Waals surface area contributed by atoms with Crippen LogP contribution in [0.1, 0.15) is 17.4 Å². The zero-order valence-corrected chi connectivity index (χ0v) is 11.9. The molecule has 94 valence electrons. The molecule has 0 radical (unpaired) electrons. The van der Waals surface area contributed by atoms with Gasteiger partial charge in [-0.3, -0.25) is 9.78 Å². The summed E-state index contributed by atoms with van der Waals surface area (Å²) in [6.45, 7) is 2.66. The van der Waals surface area contributed by atoms with E-state index in [9.17, 15) is 4.79 Å². The van der Waals surface area contributed by atoms with E-state index < -0.39 is 0 Å². The van der Waals surface area contributed by atoms with Crippen molar-refractivity contribution < 1.29 is 4.79 Å². The van der Waals surface area contributed by atoms with Crippen molar-refractivity contribution in [3.63, 3.8) is 0 Å². The molecule has 0 unspecified atom stereocenters. The highest BCUT2D eigenvalue weighted by Gasteiger charge is 2.13. The largest absolute Gasteiger partial charge is 0.343 e. The molecular weight excluding hydrogens is 320 g/mol. The quantitative estimate of drug-likeness (QED) is 0.942. The first kappa shape index (κ1) is 13.0. The standard InChI is InChI=1S/C11H10BrClN4O/c1-2-17-6-7(12)3-8(17)11(18)16-10-5-14-4-9(13)15-10/h3-6H,2H2,1H3,(H,15,16,18). The lowest BCUT2D eigenvalue weighted by molar-refractivity contribution is 0.101. The smallest absolute Gasteiger partial charge is 0.273 e. The Morgan fingerprint density at radius 1 is 1.56 bits per heavy atom. The van der Waals surface area contributed by atoms with Crippen LogP contribution in [0.4, 0.5) is 5.82 Å². The second-order valence-electron chi connectivity index (χ2n) is 3.51. The molecule has 0 aliphatic heterocycles. The molecule has 0 atom stereocenters. The number of carbonyl (C=O) groups is 1. The minimum absolute atomic E-state index is 0.236. The van der Waals surface area contributed by atoms with Crippen molar-refractivity contribution >= 4 is 39.3 Å². The van der Waals surface area contributed by atoms with Crippen LogP contribution in [0.15, 0.2) is 29.1 Å². The second kappa shape index (κ2) is 5.49.